The lowest BCUT2D eigenvalue weighted by atomic mass is 9.81. The molecule has 0 atom stereocenters. The van der Waals surface area contributed by atoms with Crippen molar-refractivity contribution in [1.29, 1.82) is 0 Å². The van der Waals surface area contributed by atoms with Gasteiger partial charge >= 0.3 is 0 Å². The van der Waals surface area contributed by atoms with Gasteiger partial charge in [-0.2, -0.15) is 0 Å². The van der Waals surface area contributed by atoms with Crippen LogP contribution in [0.4, 0.5) is 0 Å². The minimum absolute atomic E-state index is 0.0540. The molecular weight excluding hydrogens is 593 g/mol. The zero-order chi connectivity index (χ0) is 33.5. The van der Waals surface area contributed by atoms with Gasteiger partial charge in [0.1, 0.15) is 0 Å². The van der Waals surface area contributed by atoms with Gasteiger partial charge < -0.3 is 4.74 Å². The van der Waals surface area contributed by atoms with Crippen LogP contribution in [0.5, 0.6) is 0 Å². The molecule has 0 aliphatic carbocycles. The molecule has 1 nitrogen and oxygen atoms in total. The minimum Gasteiger partial charge on any atom is -0.381 e. The molecule has 0 saturated carbocycles. The zero-order valence-corrected chi connectivity index (χ0v) is 29.4. The number of aryl methyl sites for hydroxylation is 1. The van der Waals surface area contributed by atoms with Gasteiger partial charge in [-0.3, -0.25) is 0 Å². The second-order valence-electron chi connectivity index (χ2n) is 14.9. The van der Waals surface area contributed by atoms with Crippen LogP contribution in [0, 0.1) is 0 Å². The van der Waals surface area contributed by atoms with Crippen LogP contribution in [0.1, 0.15) is 81.9 Å². The number of ether oxygens (including phenoxy) is 1. The molecule has 0 amide bonds. The summed E-state index contributed by atoms with van der Waals surface area (Å²) >= 11 is 0. The van der Waals surface area contributed by atoms with Crippen LogP contribution in [0.15, 0.2) is 116 Å². The fourth-order valence-corrected chi connectivity index (χ4v) is 8.51. The summed E-state index contributed by atoms with van der Waals surface area (Å²) in [6.45, 7) is 12.5. The largest absolute Gasteiger partial charge is 0.381 e. The Morgan fingerprint density at radius 1 is 0.653 bits per heavy atom. The summed E-state index contributed by atoms with van der Waals surface area (Å²) in [5.41, 5.74) is 9.52. The second-order valence-corrected chi connectivity index (χ2v) is 14.9. The standard InChI is InChI=1S/C48H48O/c1-5-7-8-9-12-32-17-22-38(45(31-32)34-27-29-49-30-28-34)37-24-26-44-43-25-23-36(33-18-20-35(21-19-33)48(3,4)6-2)39-13-10-15-41(46(39)43)42-16-11-14-40(37)47(42)44/h6,10-11,13-26,31,34H,2,5,7-9,12,27-30H2,1,3-4H3. The number of unbranched alkanes of at least 4 members (excludes halogenated alkanes) is 3. The predicted molar refractivity (Wildman–Crippen MR) is 212 cm³/mol. The van der Waals surface area contributed by atoms with E-state index in [1.54, 1.807) is 0 Å². The van der Waals surface area contributed by atoms with E-state index in [4.69, 9.17) is 4.74 Å². The lowest BCUT2D eigenvalue weighted by Gasteiger charge is -2.26. The third kappa shape index (κ3) is 5.63. The van der Waals surface area contributed by atoms with Gasteiger partial charge in [0.2, 0.25) is 0 Å². The summed E-state index contributed by atoms with van der Waals surface area (Å²) < 4.78 is 5.83. The summed E-state index contributed by atoms with van der Waals surface area (Å²) in [6, 6.07) is 39.9. The van der Waals surface area contributed by atoms with Crippen LogP contribution in [-0.2, 0) is 16.6 Å². The van der Waals surface area contributed by atoms with Crippen molar-refractivity contribution in [2.75, 3.05) is 13.2 Å². The van der Waals surface area contributed by atoms with Gasteiger partial charge in [-0.25, -0.2) is 0 Å². The van der Waals surface area contributed by atoms with Gasteiger partial charge in [0, 0.05) is 18.6 Å². The van der Waals surface area contributed by atoms with Crippen molar-refractivity contribution in [2.45, 2.75) is 77.0 Å². The van der Waals surface area contributed by atoms with E-state index in [1.165, 1.54) is 114 Å². The van der Waals surface area contributed by atoms with Crippen molar-refractivity contribution in [2.24, 2.45) is 0 Å². The topological polar surface area (TPSA) is 9.23 Å². The Labute approximate surface area is 292 Å². The molecule has 1 aliphatic rings. The van der Waals surface area contributed by atoms with Crippen LogP contribution in [0.25, 0.3) is 65.3 Å². The third-order valence-electron chi connectivity index (χ3n) is 11.5. The average molecular weight is 641 g/mol. The van der Waals surface area contributed by atoms with E-state index < -0.39 is 0 Å². The van der Waals surface area contributed by atoms with E-state index in [-0.39, 0.29) is 5.41 Å². The van der Waals surface area contributed by atoms with Gasteiger partial charge in [-0.1, -0.05) is 149 Å². The van der Waals surface area contributed by atoms with E-state index in [9.17, 15) is 0 Å². The van der Waals surface area contributed by atoms with Crippen LogP contribution in [0.3, 0.4) is 0 Å². The van der Waals surface area contributed by atoms with Crippen molar-refractivity contribution < 1.29 is 4.74 Å². The maximum atomic E-state index is 5.83. The van der Waals surface area contributed by atoms with Crippen molar-refractivity contribution in [3.05, 3.63) is 132 Å². The first-order chi connectivity index (χ1) is 24.0. The lowest BCUT2D eigenvalue weighted by molar-refractivity contribution is 0.0854. The number of allylic oxidation sites excluding steroid dienone is 1. The highest BCUT2D eigenvalue weighted by molar-refractivity contribution is 6.35. The maximum Gasteiger partial charge on any atom is 0.0471 e. The molecule has 0 aromatic heterocycles. The summed E-state index contributed by atoms with van der Waals surface area (Å²) in [6.07, 6.45) is 10.6. The number of rotatable bonds is 10. The van der Waals surface area contributed by atoms with Crippen LogP contribution in [0.2, 0.25) is 0 Å². The third-order valence-corrected chi connectivity index (χ3v) is 11.5. The number of fused-ring (bicyclic) bond motifs is 2. The predicted octanol–water partition coefficient (Wildman–Crippen LogP) is 13.6. The van der Waals surface area contributed by atoms with Gasteiger partial charge in [-0.15, -0.1) is 6.58 Å². The summed E-state index contributed by atoms with van der Waals surface area (Å²) in [5.74, 6) is 0.537. The number of hydrogen-bond acceptors (Lipinski definition) is 1. The average Bonchev–Trinajstić information content (AvgIpc) is 3.15. The first kappa shape index (κ1) is 31.8. The van der Waals surface area contributed by atoms with Crippen molar-refractivity contribution in [1.82, 2.24) is 0 Å². The zero-order valence-electron chi connectivity index (χ0n) is 29.4. The van der Waals surface area contributed by atoms with Gasteiger partial charge in [0.05, 0.1) is 0 Å². The molecule has 0 unspecified atom stereocenters. The van der Waals surface area contributed by atoms with E-state index >= 15 is 0 Å². The van der Waals surface area contributed by atoms with E-state index in [0.29, 0.717) is 5.92 Å². The molecule has 1 aliphatic heterocycles. The molecule has 1 heterocycles. The molecule has 1 saturated heterocycles. The molecule has 8 rings (SSSR count). The minimum atomic E-state index is -0.0540. The smallest absolute Gasteiger partial charge is 0.0471 e. The van der Waals surface area contributed by atoms with Gasteiger partial charge in [0.25, 0.3) is 0 Å². The Hall–Kier alpha value is -4.46. The quantitative estimate of drug-likeness (QED) is 0.0625. The fraction of sp³-hybridized carbons (Fsp3) is 0.292. The van der Waals surface area contributed by atoms with Gasteiger partial charge in [-0.05, 0) is 114 Å². The Kier molecular flexibility index (Phi) is 8.50. The highest BCUT2D eigenvalue weighted by atomic mass is 16.5. The monoisotopic (exact) mass is 640 g/mol. The Bertz CT molecular complexity index is 2260. The van der Waals surface area contributed by atoms with Crippen LogP contribution in [-0.4, -0.2) is 13.2 Å². The second kappa shape index (κ2) is 13.1. The lowest BCUT2D eigenvalue weighted by Crippen LogP contribution is -2.15. The molecule has 0 spiro atoms. The summed E-state index contributed by atoms with van der Waals surface area (Å²) in [4.78, 5) is 0. The van der Waals surface area contributed by atoms with Crippen molar-refractivity contribution >= 4 is 43.1 Å². The highest BCUT2D eigenvalue weighted by Crippen LogP contribution is 2.46. The van der Waals surface area contributed by atoms with Gasteiger partial charge in [0.15, 0.2) is 0 Å². The van der Waals surface area contributed by atoms with Crippen molar-refractivity contribution in [3.8, 4) is 22.3 Å². The maximum absolute atomic E-state index is 5.83. The van der Waals surface area contributed by atoms with E-state index in [1.807, 2.05) is 6.08 Å². The Balaban J connectivity index is 1.29. The molecule has 1 heteroatoms. The molecule has 0 N–H and O–H groups in total. The van der Waals surface area contributed by atoms with E-state index in [0.717, 1.165) is 26.1 Å². The molecular formula is C48H48O. The molecule has 49 heavy (non-hydrogen) atoms. The molecule has 1 fully saturated rings. The molecule has 0 bridgehead atoms. The van der Waals surface area contributed by atoms with Crippen LogP contribution < -0.4 is 0 Å². The van der Waals surface area contributed by atoms with E-state index in [2.05, 4.69) is 130 Å². The molecule has 7 aromatic carbocycles. The first-order valence-electron chi connectivity index (χ1n) is 18.6. The first-order valence-corrected chi connectivity index (χ1v) is 18.6. The van der Waals surface area contributed by atoms with Crippen molar-refractivity contribution in [3.63, 3.8) is 0 Å². The fourth-order valence-electron chi connectivity index (χ4n) is 8.51. The summed E-state index contributed by atoms with van der Waals surface area (Å²) in [7, 11) is 0. The molecule has 7 aromatic rings. The summed E-state index contributed by atoms with van der Waals surface area (Å²) in [5, 5.41) is 10.8. The number of hydrogen-bond donors (Lipinski definition) is 0. The SMILES string of the molecule is C=CC(C)(C)c1ccc(-c2ccc3c4ccc(-c5ccc(CCCCCC)cc5C5CCOCC5)c5cccc(c6cccc2c63)c54)cc1. The molecule has 246 valence electrons. The Morgan fingerprint density at radius 2 is 1.24 bits per heavy atom. The normalized spacial score (nSPS) is 14.4. The Morgan fingerprint density at radius 3 is 1.90 bits per heavy atom. The number of benzene rings is 7. The molecule has 0 radical (unpaired) electrons. The van der Waals surface area contributed by atoms with Crippen LogP contribution >= 0.6 is 0 Å². The highest BCUT2D eigenvalue weighted by Gasteiger charge is 2.23.